The number of carboxylic acid groups (broad SMARTS) is 1. The number of hydrogen-bond donors (Lipinski definition) is 2. The second-order valence-corrected chi connectivity index (χ2v) is 17.3. The topological polar surface area (TPSA) is 130 Å². The molecule has 0 atom stereocenters. The zero-order valence-electron chi connectivity index (χ0n) is 25.1. The van der Waals surface area contributed by atoms with E-state index in [0.717, 1.165) is 21.9 Å². The number of methoxy groups -OCH3 is 1. The molecule has 3 heterocycles. The Kier molecular flexibility index (Phi) is 8.83. The average Bonchev–Trinajstić information content (AvgIpc) is 3.60. The first-order valence-corrected chi connectivity index (χ1v) is 17.9. The van der Waals surface area contributed by atoms with Gasteiger partial charge in [0.25, 0.3) is 11.5 Å². The predicted molar refractivity (Wildman–Crippen MR) is 171 cm³/mol. The number of benzene rings is 2. The zero-order valence-corrected chi connectivity index (χ0v) is 26.1. The van der Waals surface area contributed by atoms with Crippen LogP contribution in [0.15, 0.2) is 84.0 Å². The van der Waals surface area contributed by atoms with Gasteiger partial charge in [0.05, 0.1) is 47.9 Å². The summed E-state index contributed by atoms with van der Waals surface area (Å²) < 4.78 is 15.1. The van der Waals surface area contributed by atoms with Crippen molar-refractivity contribution in [2.45, 2.75) is 39.0 Å². The average molecular weight is 614 g/mol. The van der Waals surface area contributed by atoms with Gasteiger partial charge in [0.15, 0.2) is 0 Å². The van der Waals surface area contributed by atoms with Crippen LogP contribution in [0, 0.1) is 0 Å². The number of amides is 1. The highest BCUT2D eigenvalue weighted by Crippen LogP contribution is 2.27. The van der Waals surface area contributed by atoms with Gasteiger partial charge in [-0.05, 0) is 41.9 Å². The second kappa shape index (κ2) is 12.7. The number of fused-ring (bicyclic) bond motifs is 1. The number of aromatic nitrogens is 4. The number of carbonyl (C=O) groups excluding carboxylic acids is 1. The Morgan fingerprint density at radius 1 is 1.02 bits per heavy atom. The van der Waals surface area contributed by atoms with Gasteiger partial charge in [-0.1, -0.05) is 50.0 Å². The molecule has 2 aromatic carbocycles. The molecule has 0 spiro atoms. The first-order valence-electron chi connectivity index (χ1n) is 14.2. The van der Waals surface area contributed by atoms with Gasteiger partial charge in [0.2, 0.25) is 0 Å². The number of para-hydroxylation sites is 1. The van der Waals surface area contributed by atoms with Gasteiger partial charge in [-0.15, -0.1) is 0 Å². The van der Waals surface area contributed by atoms with E-state index in [1.165, 1.54) is 16.8 Å². The predicted octanol–water partition coefficient (Wildman–Crippen LogP) is 5.81. The van der Waals surface area contributed by atoms with E-state index in [1.54, 1.807) is 54.5 Å². The summed E-state index contributed by atoms with van der Waals surface area (Å²) in [5.74, 6) is 0.275. The fraction of sp³-hybridized carbons (Fsp3) is 0.250. The lowest BCUT2D eigenvalue weighted by atomic mass is 10.1. The fourth-order valence-corrected chi connectivity index (χ4v) is 5.53. The van der Waals surface area contributed by atoms with Crippen molar-refractivity contribution in [3.63, 3.8) is 0 Å². The Morgan fingerprint density at radius 3 is 2.48 bits per heavy atom. The highest BCUT2D eigenvalue weighted by molar-refractivity contribution is 6.76. The number of nitrogens with one attached hydrogen (secondary N) is 1. The molecule has 0 radical (unpaired) electrons. The first kappa shape index (κ1) is 30.5. The Morgan fingerprint density at radius 2 is 1.77 bits per heavy atom. The Bertz CT molecular complexity index is 1870. The lowest BCUT2D eigenvalue weighted by Gasteiger charge is -2.17. The van der Waals surface area contributed by atoms with E-state index in [1.807, 2.05) is 24.3 Å². The molecule has 12 heteroatoms. The van der Waals surface area contributed by atoms with Gasteiger partial charge in [-0.3, -0.25) is 18.8 Å². The monoisotopic (exact) mass is 613 g/mol. The van der Waals surface area contributed by atoms with Crippen LogP contribution >= 0.6 is 0 Å². The maximum Gasteiger partial charge on any atom is 0.416 e. The van der Waals surface area contributed by atoms with Crippen molar-refractivity contribution in [3.8, 4) is 17.0 Å². The highest BCUT2D eigenvalue weighted by Gasteiger charge is 2.22. The molecule has 0 unspecified atom stereocenters. The molecule has 0 saturated carbocycles. The van der Waals surface area contributed by atoms with Gasteiger partial charge in [0.1, 0.15) is 12.5 Å². The zero-order chi connectivity index (χ0) is 31.4. The van der Waals surface area contributed by atoms with Crippen LogP contribution in [0.5, 0.6) is 5.75 Å². The van der Waals surface area contributed by atoms with Crippen molar-refractivity contribution in [3.05, 3.63) is 101 Å². The van der Waals surface area contributed by atoms with E-state index in [0.29, 0.717) is 29.7 Å². The van der Waals surface area contributed by atoms with Crippen molar-refractivity contribution in [2.75, 3.05) is 19.0 Å². The van der Waals surface area contributed by atoms with Crippen LogP contribution in [-0.2, 0) is 18.0 Å². The minimum absolute atomic E-state index is 0.0697. The van der Waals surface area contributed by atoms with Crippen LogP contribution in [0.1, 0.15) is 15.9 Å². The van der Waals surface area contributed by atoms with Crippen LogP contribution in [0.25, 0.3) is 22.2 Å². The maximum absolute atomic E-state index is 13.7. The number of carbonyl (C=O) groups is 2. The highest BCUT2D eigenvalue weighted by atomic mass is 28.3. The molecule has 2 N–H and O–H groups in total. The number of rotatable bonds is 11. The number of hydrogen-bond acceptors (Lipinski definition) is 6. The summed E-state index contributed by atoms with van der Waals surface area (Å²) in [4.78, 5) is 39.5. The van der Waals surface area contributed by atoms with Gasteiger partial charge in [0, 0.05) is 32.5 Å². The van der Waals surface area contributed by atoms with Crippen LogP contribution in [0.4, 0.5) is 10.5 Å². The van der Waals surface area contributed by atoms with Crippen molar-refractivity contribution in [2.24, 2.45) is 0 Å². The molecule has 1 amide bonds. The molecule has 0 saturated heterocycles. The largest absolute Gasteiger partial charge is 0.497 e. The molecule has 5 aromatic rings. The molecule has 44 heavy (non-hydrogen) atoms. The molecule has 0 aliphatic heterocycles. The first-order chi connectivity index (χ1) is 21.0. The molecule has 0 aliphatic rings. The summed E-state index contributed by atoms with van der Waals surface area (Å²) in [6.07, 6.45) is 3.45. The normalized spacial score (nSPS) is 11.5. The SMILES string of the molecule is COc1ccc(Cn2cc(NC(=O)c3cc(-c4cc5ccccc5n4C(=O)O)c(=O)n(COCC[Si](C)(C)C)c3)cn2)cc1. The third-order valence-corrected chi connectivity index (χ3v) is 8.85. The summed E-state index contributed by atoms with van der Waals surface area (Å²) in [6, 6.07) is 18.5. The molecular weight excluding hydrogens is 578 g/mol. The minimum Gasteiger partial charge on any atom is -0.497 e. The number of nitrogens with zero attached hydrogens (tertiary/aromatic N) is 4. The minimum atomic E-state index is -1.37. The molecule has 0 bridgehead atoms. The Balaban J connectivity index is 1.46. The molecule has 11 nitrogen and oxygen atoms in total. The van der Waals surface area contributed by atoms with Crippen LogP contribution < -0.4 is 15.6 Å². The number of pyridine rings is 1. The summed E-state index contributed by atoms with van der Waals surface area (Å²) >= 11 is 0. The van der Waals surface area contributed by atoms with E-state index in [-0.39, 0.29) is 23.6 Å². The van der Waals surface area contributed by atoms with Crippen molar-refractivity contribution < 1.29 is 24.2 Å². The molecule has 5 rings (SSSR count). The second-order valence-electron chi connectivity index (χ2n) is 11.7. The van der Waals surface area contributed by atoms with E-state index < -0.39 is 25.6 Å². The molecule has 228 valence electrons. The molecule has 0 fully saturated rings. The standard InChI is InChI=1S/C32H35N5O6Si/c1-42-26-11-9-22(10-12-26)18-36-20-25(17-33-36)34-30(38)24-15-27(31(39)35(19-24)21-43-13-14-44(2,3)4)29-16-23-7-5-6-8-28(23)37(29)32(40)41/h5-12,15-17,19-20H,13-14,18,21H2,1-4H3,(H,34,38)(H,40,41). The number of anilines is 1. The quantitative estimate of drug-likeness (QED) is 0.142. The number of ether oxygens (including phenoxy) is 2. The Labute approximate surface area is 255 Å². The van der Waals surface area contributed by atoms with Crippen LogP contribution in [-0.4, -0.2) is 57.8 Å². The van der Waals surface area contributed by atoms with Crippen LogP contribution in [0.3, 0.4) is 0 Å². The third-order valence-electron chi connectivity index (χ3n) is 7.15. The molecule has 0 aliphatic carbocycles. The maximum atomic E-state index is 13.7. The van der Waals surface area contributed by atoms with E-state index in [9.17, 15) is 19.5 Å². The molecular formula is C32H35N5O6Si. The lowest BCUT2D eigenvalue weighted by molar-refractivity contribution is 0.0844. The van der Waals surface area contributed by atoms with Gasteiger partial charge in [-0.25, -0.2) is 9.36 Å². The van der Waals surface area contributed by atoms with Crippen molar-refractivity contribution >= 4 is 36.7 Å². The van der Waals surface area contributed by atoms with Gasteiger partial charge in [-0.2, -0.15) is 5.10 Å². The summed E-state index contributed by atoms with van der Waals surface area (Å²) in [6.45, 7) is 7.57. The van der Waals surface area contributed by atoms with Crippen LogP contribution in [0.2, 0.25) is 25.7 Å². The summed E-state index contributed by atoms with van der Waals surface area (Å²) in [5, 5.41) is 17.9. The van der Waals surface area contributed by atoms with E-state index in [2.05, 4.69) is 30.1 Å². The van der Waals surface area contributed by atoms with E-state index >= 15 is 0 Å². The molecule has 3 aromatic heterocycles. The Hall–Kier alpha value is -4.94. The summed E-state index contributed by atoms with van der Waals surface area (Å²) in [5.41, 5.74) is 1.85. The van der Waals surface area contributed by atoms with E-state index in [4.69, 9.17) is 9.47 Å². The fourth-order valence-electron chi connectivity index (χ4n) is 4.78. The smallest absolute Gasteiger partial charge is 0.416 e. The summed E-state index contributed by atoms with van der Waals surface area (Å²) in [7, 11) is 0.241. The third kappa shape index (κ3) is 6.98. The van der Waals surface area contributed by atoms with Crippen molar-refractivity contribution in [1.29, 1.82) is 0 Å². The lowest BCUT2D eigenvalue weighted by Crippen LogP contribution is -2.28. The van der Waals surface area contributed by atoms with Gasteiger partial charge >= 0.3 is 6.09 Å². The van der Waals surface area contributed by atoms with Gasteiger partial charge < -0.3 is 19.9 Å². The van der Waals surface area contributed by atoms with Crippen molar-refractivity contribution in [1.82, 2.24) is 18.9 Å².